The number of piperidine rings is 1. The molecule has 3 fully saturated rings. The number of phenols is 3. The Morgan fingerprint density at radius 2 is 1.60 bits per heavy atom. The minimum atomic E-state index is -2.10. The number of hydrogen-bond donors (Lipinski definition) is 6. The monoisotopic (exact) mass is 1110 g/mol. The number of ether oxygens (including phenoxy) is 4. The molecule has 4 aromatic rings. The van der Waals surface area contributed by atoms with Gasteiger partial charge in [0.25, 0.3) is 17.2 Å². The first-order valence-electron chi connectivity index (χ1n) is 27.9. The summed E-state index contributed by atoms with van der Waals surface area (Å²) < 4.78 is 41.7. The molecule has 430 valence electrons. The van der Waals surface area contributed by atoms with E-state index < -0.39 is 94.6 Å². The van der Waals surface area contributed by atoms with E-state index in [1.54, 1.807) is 46.8 Å². The lowest BCUT2D eigenvalue weighted by atomic mass is 9.78. The largest absolute Gasteiger partial charge is 0.507 e. The molecule has 19 heteroatoms. The van der Waals surface area contributed by atoms with E-state index in [0.29, 0.717) is 43.3 Å². The van der Waals surface area contributed by atoms with Crippen LogP contribution in [0, 0.1) is 62.1 Å². The molecule has 0 radical (unpaired) electrons. The zero-order valence-corrected chi connectivity index (χ0v) is 47.5. The number of aryl methyl sites for hydroxylation is 2. The quantitative estimate of drug-likeness (QED) is 0.0440. The molecular weight excluding hydrogens is 1030 g/mol. The zero-order valence-electron chi connectivity index (χ0n) is 47.5. The van der Waals surface area contributed by atoms with Crippen molar-refractivity contribution in [1.29, 1.82) is 0 Å². The molecule has 18 nitrogen and oxygen atoms in total. The number of carbonyl (C=O) groups is 3. The molecule has 6 N–H and O–H groups in total. The number of methoxy groups -OCH3 is 1. The Balaban J connectivity index is 1.07. The lowest BCUT2D eigenvalue weighted by Crippen LogP contribution is -2.46. The summed E-state index contributed by atoms with van der Waals surface area (Å²) >= 11 is 0. The van der Waals surface area contributed by atoms with E-state index in [0.717, 1.165) is 48.7 Å². The Bertz CT molecular complexity index is 3330. The van der Waals surface area contributed by atoms with E-state index in [1.165, 1.54) is 70.0 Å². The van der Waals surface area contributed by atoms with Crippen molar-refractivity contribution in [3.05, 3.63) is 98.0 Å². The molecule has 6 aliphatic rings. The maximum Gasteiger partial charge on any atom is 0.312 e. The minimum absolute atomic E-state index is 0.0273. The first kappa shape index (κ1) is 57.7. The van der Waals surface area contributed by atoms with E-state index in [-0.39, 0.29) is 61.9 Å². The van der Waals surface area contributed by atoms with Gasteiger partial charge in [-0.25, -0.2) is 4.39 Å². The summed E-state index contributed by atoms with van der Waals surface area (Å²) in [6.45, 7) is 18.4. The number of carbonyl (C=O) groups excluding carboxylic acids is 3. The van der Waals surface area contributed by atoms with Gasteiger partial charge in [-0.1, -0.05) is 45.9 Å². The van der Waals surface area contributed by atoms with Crippen molar-refractivity contribution in [3.63, 3.8) is 0 Å². The maximum absolute atomic E-state index is 16.3. The normalized spacial score (nSPS) is 30.4. The first-order valence-corrected chi connectivity index (χ1v) is 27.9. The number of hydrogen-bond acceptors (Lipinski definition) is 16. The van der Waals surface area contributed by atoms with Gasteiger partial charge in [0.1, 0.15) is 23.4 Å². The van der Waals surface area contributed by atoms with Crippen molar-refractivity contribution in [2.24, 2.45) is 40.6 Å². The minimum Gasteiger partial charge on any atom is -0.507 e. The van der Waals surface area contributed by atoms with Gasteiger partial charge < -0.3 is 54.7 Å². The van der Waals surface area contributed by atoms with E-state index in [1.807, 2.05) is 18.0 Å². The number of aromatic hydroxyl groups is 3. The number of nitrogens with one attached hydrogen (secondary N) is 1. The number of hydrazone groups is 1. The first-order chi connectivity index (χ1) is 37.9. The van der Waals surface area contributed by atoms with Crippen LogP contribution in [0.15, 0.2) is 58.3 Å². The Labute approximate surface area is 465 Å². The molecule has 5 aliphatic heterocycles. The summed E-state index contributed by atoms with van der Waals surface area (Å²) in [5.41, 5.74) is 2.98. The second-order valence-electron chi connectivity index (χ2n) is 23.2. The van der Waals surface area contributed by atoms with Crippen LogP contribution in [0.3, 0.4) is 0 Å². The fraction of sp³-hybridized carbons (Fsp3) is 0.525. The van der Waals surface area contributed by atoms with Crippen LogP contribution < -0.4 is 20.5 Å². The van der Waals surface area contributed by atoms with Crippen LogP contribution in [-0.4, -0.2) is 122 Å². The summed E-state index contributed by atoms with van der Waals surface area (Å²) in [7, 11) is 1.43. The zero-order chi connectivity index (χ0) is 58.0. The number of nitrogens with zero attached hydrogens (tertiary/aromatic N) is 4. The molecule has 80 heavy (non-hydrogen) atoms. The number of halogens is 1. The molecule has 1 saturated carbocycles. The fourth-order valence-electron chi connectivity index (χ4n) is 12.7. The Hall–Kier alpha value is -6.96. The number of aromatic nitrogens is 1. The number of anilines is 2. The van der Waals surface area contributed by atoms with Crippen LogP contribution in [-0.2, 0) is 23.8 Å². The number of ketones is 1. The highest BCUT2D eigenvalue weighted by Crippen LogP contribution is 2.55. The average molecular weight is 1110 g/mol. The van der Waals surface area contributed by atoms with Crippen LogP contribution in [0.1, 0.15) is 125 Å². The molecule has 2 aromatic carbocycles. The van der Waals surface area contributed by atoms with Gasteiger partial charge >= 0.3 is 11.8 Å². The SMILES string of the molecule is CO[C@H]1/C=C/O[C@@]2(C)Oc3c(C)c(O)c4c(O)c(c(/C=N/N5CCC(C6CCCN(c7c(F)cn8c(=O)c(C)cc(C9CC9)c8c7C)C6)C5)c(O)c4c3C2=O)NC(=O)/C(C)=C\C=C\[C@H](C)[C@H](O)[C@@H](C)[C@@H](O)[C@@H](C)[C@H](OC(C)=O)[C@@H]1C. The van der Waals surface area contributed by atoms with Gasteiger partial charge in [-0.05, 0) is 101 Å². The van der Waals surface area contributed by atoms with E-state index >= 15 is 4.39 Å². The van der Waals surface area contributed by atoms with Gasteiger partial charge in [-0.15, -0.1) is 0 Å². The number of allylic oxidation sites excluding steroid dienone is 2. The second kappa shape index (κ2) is 22.5. The van der Waals surface area contributed by atoms with Gasteiger partial charge in [0.2, 0.25) is 0 Å². The van der Waals surface area contributed by atoms with Gasteiger partial charge in [0.15, 0.2) is 11.6 Å². The molecule has 2 aromatic heterocycles. The third kappa shape index (κ3) is 10.5. The van der Waals surface area contributed by atoms with Crippen molar-refractivity contribution in [2.75, 3.05) is 43.5 Å². The van der Waals surface area contributed by atoms with Crippen molar-refractivity contribution < 1.29 is 63.3 Å². The number of benzene rings is 2. The number of phenolic OH excluding ortho intramolecular Hbond substituents is 3. The third-order valence-corrected chi connectivity index (χ3v) is 17.7. The number of aliphatic hydroxyl groups excluding tert-OH is 2. The van der Waals surface area contributed by atoms with E-state index in [4.69, 9.17) is 24.0 Å². The van der Waals surface area contributed by atoms with Crippen LogP contribution >= 0.6 is 0 Å². The number of Topliss-reactive ketones (excluding diaryl/α,β-unsaturated/α-hetero) is 1. The number of pyridine rings is 2. The molecule has 10 rings (SSSR count). The van der Waals surface area contributed by atoms with Crippen LogP contribution in [0.5, 0.6) is 23.0 Å². The molecule has 1 aliphatic carbocycles. The second-order valence-corrected chi connectivity index (χ2v) is 23.2. The number of esters is 1. The third-order valence-electron chi connectivity index (χ3n) is 17.7. The number of fused-ring (bicyclic) bond motifs is 15. The summed E-state index contributed by atoms with van der Waals surface area (Å²) in [5.74, 6) is -8.56. The lowest BCUT2D eigenvalue weighted by molar-refractivity contribution is -0.160. The predicted molar refractivity (Wildman–Crippen MR) is 301 cm³/mol. The topological polar surface area (TPSA) is 242 Å². The molecule has 2 unspecified atom stereocenters. The molecule has 11 atom stereocenters. The molecule has 5 bridgehead atoms. The highest BCUT2D eigenvalue weighted by Gasteiger charge is 2.50. The highest BCUT2D eigenvalue weighted by atomic mass is 19.1. The molecule has 1 amide bonds. The number of rotatable bonds is 7. The molecular formula is C61H76FN5O13. The Kier molecular flexibility index (Phi) is 16.3. The van der Waals surface area contributed by atoms with Crippen LogP contribution in [0.4, 0.5) is 15.8 Å². The average Bonchev–Trinajstić information content (AvgIpc) is 4.26. The summed E-state index contributed by atoms with van der Waals surface area (Å²) in [6.07, 6.45) is 10.6. The summed E-state index contributed by atoms with van der Waals surface area (Å²) in [5, 5.41) is 68.6. The van der Waals surface area contributed by atoms with Gasteiger partial charge in [-0.2, -0.15) is 5.10 Å². The standard InChI is InChI=1S/C61H76FN5O13/c1-29-14-12-15-30(2)59(75)64-48-42(25-63-66-22-19-40(27-66)39-16-13-21-65(26-39)50-33(5)49-41(38-17-18-38)24-31(3)60(76)67(49)28-43(50)62)54(72)45-46(55(48)73)53(71)36(8)57-47(45)58(74)61(10,80-57)78-23-20-44(77-11)32(4)56(79-37(9)68)35(7)52(70)34(6)51(29)69/h12,14-15,20,23-25,28-29,32,34-35,38-40,44,51-52,56,69-73H,13,16-19,21-22,26-27H2,1-11H3,(H,64,75)/b14-12+,23-20+,30-15-,63-25+/t29-,32+,34+,35+,39?,40?,44-,51-,52+,56+,61-/m0/s1. The highest BCUT2D eigenvalue weighted by molar-refractivity contribution is 6.24. The molecule has 0 spiro atoms. The number of amides is 1. The van der Waals surface area contributed by atoms with Gasteiger partial charge in [0, 0.05) is 92.9 Å². The van der Waals surface area contributed by atoms with Crippen LogP contribution in [0.2, 0.25) is 0 Å². The molecule has 7 heterocycles. The summed E-state index contributed by atoms with van der Waals surface area (Å²) in [6, 6.07) is 1.97. The molecule has 2 saturated heterocycles. The van der Waals surface area contributed by atoms with E-state index in [9.17, 15) is 44.7 Å². The van der Waals surface area contributed by atoms with E-state index in [2.05, 4.69) is 10.2 Å². The maximum atomic E-state index is 16.3. The Morgan fingerprint density at radius 1 is 0.887 bits per heavy atom. The predicted octanol–water partition coefficient (Wildman–Crippen LogP) is 8.57. The van der Waals surface area contributed by atoms with Crippen molar-refractivity contribution in [3.8, 4) is 23.0 Å². The van der Waals surface area contributed by atoms with Gasteiger partial charge in [0.05, 0.1) is 70.4 Å². The Morgan fingerprint density at radius 3 is 2.29 bits per heavy atom. The number of aliphatic hydroxyl groups is 2. The van der Waals surface area contributed by atoms with Crippen LogP contribution in [0.25, 0.3) is 16.3 Å². The summed E-state index contributed by atoms with van der Waals surface area (Å²) in [4.78, 5) is 56.8. The smallest absolute Gasteiger partial charge is 0.312 e. The van der Waals surface area contributed by atoms with Crippen molar-refractivity contribution in [2.45, 2.75) is 137 Å². The van der Waals surface area contributed by atoms with Crippen molar-refractivity contribution in [1.82, 2.24) is 9.41 Å². The fourth-order valence-corrected chi connectivity index (χ4v) is 12.7. The lowest BCUT2D eigenvalue weighted by Gasteiger charge is -2.38. The van der Waals surface area contributed by atoms with Crippen molar-refractivity contribution >= 4 is 51.5 Å². The van der Waals surface area contributed by atoms with Gasteiger partial charge in [-0.3, -0.25) is 28.6 Å².